The van der Waals surface area contributed by atoms with Crippen LogP contribution in [0.4, 0.5) is 0 Å². The summed E-state index contributed by atoms with van der Waals surface area (Å²) in [6.45, 7) is 2.26. The molecule has 0 aliphatic heterocycles. The van der Waals surface area contributed by atoms with Gasteiger partial charge in [0.2, 0.25) is 11.7 Å². The Bertz CT molecular complexity index is 834. The fraction of sp³-hybridized carbons (Fsp3) is 0.235. The zero-order valence-electron chi connectivity index (χ0n) is 13.6. The molecular formula is C17H17ClN6O. The second-order valence-corrected chi connectivity index (χ2v) is 5.84. The van der Waals surface area contributed by atoms with E-state index in [9.17, 15) is 4.79 Å². The number of aromatic nitrogens is 5. The van der Waals surface area contributed by atoms with E-state index in [2.05, 4.69) is 25.7 Å². The molecule has 0 saturated carbocycles. The molecule has 0 aliphatic carbocycles. The van der Waals surface area contributed by atoms with E-state index in [1.807, 2.05) is 37.3 Å². The van der Waals surface area contributed by atoms with Gasteiger partial charge in [-0.3, -0.25) is 9.78 Å². The number of carbonyl (C=O) groups excluding carboxylic acids is 1. The second kappa shape index (κ2) is 7.85. The summed E-state index contributed by atoms with van der Waals surface area (Å²) in [4.78, 5) is 18.0. The Morgan fingerprint density at radius 1 is 1.24 bits per heavy atom. The molecule has 2 heterocycles. The van der Waals surface area contributed by atoms with Crippen molar-refractivity contribution in [2.45, 2.75) is 25.9 Å². The third-order valence-corrected chi connectivity index (χ3v) is 3.92. The zero-order valence-corrected chi connectivity index (χ0v) is 14.4. The van der Waals surface area contributed by atoms with Crippen molar-refractivity contribution < 1.29 is 4.79 Å². The number of halogens is 1. The number of rotatable bonds is 6. The Morgan fingerprint density at radius 2 is 2.04 bits per heavy atom. The van der Waals surface area contributed by atoms with Crippen LogP contribution in [-0.2, 0) is 11.3 Å². The average molecular weight is 357 g/mol. The molecule has 3 aromatic rings. The first kappa shape index (κ1) is 17.0. The molecule has 0 aliphatic rings. The lowest BCUT2D eigenvalue weighted by Crippen LogP contribution is -2.33. The maximum atomic E-state index is 12.5. The number of hydrogen-bond acceptors (Lipinski definition) is 5. The Balaban J connectivity index is 1.70. The fourth-order valence-electron chi connectivity index (χ4n) is 2.32. The first-order valence-corrected chi connectivity index (χ1v) is 8.28. The second-order valence-electron chi connectivity index (χ2n) is 5.40. The van der Waals surface area contributed by atoms with Crippen LogP contribution < -0.4 is 5.32 Å². The molecule has 3 rings (SSSR count). The first-order chi connectivity index (χ1) is 12.2. The van der Waals surface area contributed by atoms with Crippen molar-refractivity contribution in [3.63, 3.8) is 0 Å². The zero-order chi connectivity index (χ0) is 17.6. The van der Waals surface area contributed by atoms with Crippen molar-refractivity contribution in [2.24, 2.45) is 0 Å². The highest BCUT2D eigenvalue weighted by Crippen LogP contribution is 2.18. The monoisotopic (exact) mass is 356 g/mol. The molecule has 1 N–H and O–H groups in total. The number of tetrazole rings is 1. The van der Waals surface area contributed by atoms with Crippen LogP contribution in [0, 0.1) is 0 Å². The summed E-state index contributed by atoms with van der Waals surface area (Å²) < 4.78 is 0. The quantitative estimate of drug-likeness (QED) is 0.733. The average Bonchev–Trinajstić information content (AvgIpc) is 3.12. The lowest BCUT2D eigenvalue weighted by atomic mass is 10.2. The minimum atomic E-state index is -0.530. The van der Waals surface area contributed by atoms with Gasteiger partial charge in [-0.15, -0.1) is 10.2 Å². The van der Waals surface area contributed by atoms with Crippen LogP contribution in [-0.4, -0.2) is 31.1 Å². The molecule has 1 amide bonds. The standard InChI is InChI=1S/C17H17ClN6O/c1-2-15(17(25)20-11-14-5-3-4-10-19-14)24-22-16(21-23-24)12-6-8-13(18)9-7-12/h3-10,15H,2,11H2,1H3,(H,20,25). The van der Waals surface area contributed by atoms with Crippen LogP contribution in [0.15, 0.2) is 48.7 Å². The van der Waals surface area contributed by atoms with Crippen LogP contribution in [0.5, 0.6) is 0 Å². The van der Waals surface area contributed by atoms with Gasteiger partial charge >= 0.3 is 0 Å². The van der Waals surface area contributed by atoms with Crippen molar-refractivity contribution in [3.8, 4) is 11.4 Å². The lowest BCUT2D eigenvalue weighted by Gasteiger charge is -2.13. The topological polar surface area (TPSA) is 85.6 Å². The molecule has 2 aromatic heterocycles. The molecule has 0 bridgehead atoms. The van der Waals surface area contributed by atoms with Crippen LogP contribution >= 0.6 is 11.6 Å². The Hall–Kier alpha value is -2.80. The molecule has 1 unspecified atom stereocenters. The summed E-state index contributed by atoms with van der Waals surface area (Å²) >= 11 is 5.88. The molecule has 1 atom stereocenters. The summed E-state index contributed by atoms with van der Waals surface area (Å²) in [7, 11) is 0. The Labute approximate surface area is 150 Å². The largest absolute Gasteiger partial charge is 0.349 e. The van der Waals surface area contributed by atoms with Gasteiger partial charge in [0, 0.05) is 16.8 Å². The van der Waals surface area contributed by atoms with Gasteiger partial charge in [-0.25, -0.2) is 0 Å². The third-order valence-electron chi connectivity index (χ3n) is 3.67. The third kappa shape index (κ3) is 4.19. The van der Waals surface area contributed by atoms with Gasteiger partial charge in [0.25, 0.3) is 0 Å². The van der Waals surface area contributed by atoms with Gasteiger partial charge in [-0.1, -0.05) is 24.6 Å². The van der Waals surface area contributed by atoms with Crippen molar-refractivity contribution in [1.29, 1.82) is 0 Å². The molecule has 128 valence electrons. The van der Waals surface area contributed by atoms with E-state index in [0.29, 0.717) is 23.8 Å². The molecule has 7 nitrogen and oxygen atoms in total. The van der Waals surface area contributed by atoms with Crippen molar-refractivity contribution in [1.82, 2.24) is 30.5 Å². The van der Waals surface area contributed by atoms with Gasteiger partial charge in [0.1, 0.15) is 0 Å². The van der Waals surface area contributed by atoms with E-state index in [1.165, 1.54) is 4.80 Å². The Kier molecular flexibility index (Phi) is 5.35. The van der Waals surface area contributed by atoms with Gasteiger partial charge in [0.05, 0.1) is 12.2 Å². The van der Waals surface area contributed by atoms with E-state index in [4.69, 9.17) is 11.6 Å². The minimum absolute atomic E-state index is 0.173. The van der Waals surface area contributed by atoms with E-state index < -0.39 is 6.04 Å². The highest BCUT2D eigenvalue weighted by Gasteiger charge is 2.21. The van der Waals surface area contributed by atoms with E-state index in [-0.39, 0.29) is 5.91 Å². The lowest BCUT2D eigenvalue weighted by molar-refractivity contribution is -0.125. The minimum Gasteiger partial charge on any atom is -0.349 e. The highest BCUT2D eigenvalue weighted by atomic mass is 35.5. The van der Waals surface area contributed by atoms with Gasteiger partial charge in [-0.2, -0.15) is 4.80 Å². The van der Waals surface area contributed by atoms with Gasteiger partial charge in [-0.05, 0) is 48.0 Å². The molecule has 0 spiro atoms. The SMILES string of the molecule is CCC(C(=O)NCc1ccccn1)n1nnc(-c2ccc(Cl)cc2)n1. The Morgan fingerprint density at radius 3 is 2.72 bits per heavy atom. The predicted molar refractivity (Wildman–Crippen MR) is 93.7 cm³/mol. The van der Waals surface area contributed by atoms with E-state index >= 15 is 0 Å². The normalized spacial score (nSPS) is 11.9. The number of carbonyl (C=O) groups is 1. The van der Waals surface area contributed by atoms with Crippen LogP contribution in [0.1, 0.15) is 25.1 Å². The van der Waals surface area contributed by atoms with Crippen molar-refractivity contribution in [3.05, 3.63) is 59.4 Å². The molecule has 0 saturated heterocycles. The van der Waals surface area contributed by atoms with Crippen LogP contribution in [0.2, 0.25) is 5.02 Å². The fourth-order valence-corrected chi connectivity index (χ4v) is 2.45. The number of amides is 1. The number of hydrogen-bond donors (Lipinski definition) is 1. The predicted octanol–water partition coefficient (Wildman–Crippen LogP) is 2.66. The summed E-state index contributed by atoms with van der Waals surface area (Å²) in [6, 6.07) is 12.2. The van der Waals surface area contributed by atoms with Crippen LogP contribution in [0.25, 0.3) is 11.4 Å². The summed E-state index contributed by atoms with van der Waals surface area (Å²) in [6.07, 6.45) is 2.24. The molecule has 0 fully saturated rings. The number of pyridine rings is 1. The number of nitrogens with zero attached hydrogens (tertiary/aromatic N) is 5. The van der Waals surface area contributed by atoms with Crippen LogP contribution in [0.3, 0.4) is 0 Å². The molecule has 0 radical (unpaired) electrons. The molecule has 1 aromatic carbocycles. The maximum absolute atomic E-state index is 12.5. The summed E-state index contributed by atoms with van der Waals surface area (Å²) in [5, 5.41) is 15.9. The smallest absolute Gasteiger partial charge is 0.247 e. The molecule has 8 heteroatoms. The highest BCUT2D eigenvalue weighted by molar-refractivity contribution is 6.30. The number of nitrogens with one attached hydrogen (secondary N) is 1. The summed E-state index contributed by atoms with van der Waals surface area (Å²) in [5.74, 6) is 0.279. The van der Waals surface area contributed by atoms with Crippen molar-refractivity contribution >= 4 is 17.5 Å². The maximum Gasteiger partial charge on any atom is 0.247 e. The first-order valence-electron chi connectivity index (χ1n) is 7.90. The summed E-state index contributed by atoms with van der Waals surface area (Å²) in [5.41, 5.74) is 1.58. The molecule has 25 heavy (non-hydrogen) atoms. The van der Waals surface area contributed by atoms with Gasteiger partial charge < -0.3 is 5.32 Å². The number of benzene rings is 1. The molecular weight excluding hydrogens is 340 g/mol. The van der Waals surface area contributed by atoms with E-state index in [1.54, 1.807) is 18.3 Å². The van der Waals surface area contributed by atoms with Gasteiger partial charge in [0.15, 0.2) is 6.04 Å². The van der Waals surface area contributed by atoms with Crippen molar-refractivity contribution in [2.75, 3.05) is 0 Å². The van der Waals surface area contributed by atoms with E-state index in [0.717, 1.165) is 11.3 Å².